The number of alkyl halides is 1. The molecule has 0 bridgehead atoms. The fourth-order valence-corrected chi connectivity index (χ4v) is 6.34. The van der Waals surface area contributed by atoms with Crippen molar-refractivity contribution in [3.63, 3.8) is 0 Å². The summed E-state index contributed by atoms with van der Waals surface area (Å²) in [5.41, 5.74) is 2.15. The number of hydrogen-bond donors (Lipinski definition) is 1. The van der Waals surface area contributed by atoms with Crippen molar-refractivity contribution < 1.29 is 14.3 Å². The monoisotopic (exact) mass is 394 g/mol. The lowest BCUT2D eigenvalue weighted by atomic mass is 9.49. The zero-order valence-electron chi connectivity index (χ0n) is 14.0. The van der Waals surface area contributed by atoms with Gasteiger partial charge in [0, 0.05) is 5.41 Å². The average molecular weight is 395 g/mol. The van der Waals surface area contributed by atoms with Crippen molar-refractivity contribution in [3.8, 4) is 5.75 Å². The number of carbonyl (C=O) groups excluding carboxylic acids is 1. The van der Waals surface area contributed by atoms with Crippen molar-refractivity contribution >= 4 is 21.7 Å². The van der Waals surface area contributed by atoms with E-state index in [1.165, 1.54) is 11.1 Å². The van der Waals surface area contributed by atoms with E-state index in [2.05, 4.69) is 28.9 Å². The molecule has 4 heteroatoms. The summed E-state index contributed by atoms with van der Waals surface area (Å²) in [6.07, 6.45) is 4.53. The maximum Gasteiger partial charge on any atom is 0.173 e. The molecule has 0 radical (unpaired) electrons. The molecule has 2 nitrogen and oxygen atoms in total. The van der Waals surface area contributed by atoms with E-state index in [1.54, 1.807) is 0 Å². The number of phenolic OH excluding ortho intramolecular Hbond substituents is 1. The summed E-state index contributed by atoms with van der Waals surface area (Å²) in [7, 11) is 0. The first-order chi connectivity index (χ1) is 11.5. The number of Topliss-reactive ketones (excluding diaryl/α,β-unsaturated/α-hetero) is 1. The zero-order chi connectivity index (χ0) is 17.1. The van der Waals surface area contributed by atoms with Gasteiger partial charge in [-0.05, 0) is 102 Å². The molecule has 3 aliphatic rings. The van der Waals surface area contributed by atoms with Gasteiger partial charge in [-0.15, -0.1) is 0 Å². The third-order valence-corrected chi connectivity index (χ3v) is 7.77. The van der Waals surface area contributed by atoms with Crippen molar-refractivity contribution in [2.24, 2.45) is 17.3 Å². The fourth-order valence-electron chi connectivity index (χ4n) is 5.97. The number of phenols is 1. The molecule has 1 N–H and O–H groups in total. The van der Waals surface area contributed by atoms with Crippen molar-refractivity contribution in [2.75, 3.05) is 0 Å². The number of hydrogen-bond acceptors (Lipinski definition) is 2. The second-order valence-electron chi connectivity index (χ2n) is 7.88. The van der Waals surface area contributed by atoms with Gasteiger partial charge in [0.05, 0.1) is 4.47 Å². The standard InChI is InChI=1S/C20H24BrFO2/c1-2-20-8-7-12-13(15(20)5-6-17(22)19(20)24)4-3-11-9-18(23)16(21)10-14(11)12/h9-10,12-13,15,17,23H,2-8H2,1H3/t12-,13+,15-,17-,20-/m0/s1. The van der Waals surface area contributed by atoms with Crippen LogP contribution < -0.4 is 0 Å². The van der Waals surface area contributed by atoms with Gasteiger partial charge in [-0.25, -0.2) is 4.39 Å². The molecule has 1 aromatic carbocycles. The summed E-state index contributed by atoms with van der Waals surface area (Å²) in [6.45, 7) is 2.06. The predicted molar refractivity (Wildman–Crippen MR) is 94.9 cm³/mol. The third kappa shape index (κ3) is 2.21. The van der Waals surface area contributed by atoms with Crippen LogP contribution in [0.5, 0.6) is 5.75 Å². The van der Waals surface area contributed by atoms with Crippen molar-refractivity contribution in [3.05, 3.63) is 27.7 Å². The lowest BCUT2D eigenvalue weighted by molar-refractivity contribution is -0.149. The Balaban J connectivity index is 1.73. The topological polar surface area (TPSA) is 37.3 Å². The minimum Gasteiger partial charge on any atom is -0.507 e. The van der Waals surface area contributed by atoms with Gasteiger partial charge in [0.15, 0.2) is 12.0 Å². The minimum absolute atomic E-state index is 0.114. The third-order valence-electron chi connectivity index (χ3n) is 7.14. The Kier molecular flexibility index (Phi) is 4.02. The van der Waals surface area contributed by atoms with Crippen LogP contribution in [0.25, 0.3) is 0 Å². The van der Waals surface area contributed by atoms with Crippen molar-refractivity contribution in [2.45, 2.75) is 64.0 Å². The molecule has 0 amide bonds. The van der Waals surface area contributed by atoms with Gasteiger partial charge in [-0.1, -0.05) is 6.92 Å². The molecule has 0 aromatic heterocycles. The summed E-state index contributed by atoms with van der Waals surface area (Å²) in [4.78, 5) is 12.7. The molecular formula is C20H24BrFO2. The van der Waals surface area contributed by atoms with Gasteiger partial charge < -0.3 is 5.11 Å². The number of ketones is 1. The van der Waals surface area contributed by atoms with Gasteiger partial charge in [0.1, 0.15) is 5.75 Å². The largest absolute Gasteiger partial charge is 0.507 e. The van der Waals surface area contributed by atoms with Crippen LogP contribution in [0.15, 0.2) is 16.6 Å². The molecule has 1 aromatic rings. The van der Waals surface area contributed by atoms with Crippen molar-refractivity contribution in [1.29, 1.82) is 0 Å². The fraction of sp³-hybridized carbons (Fsp3) is 0.650. The molecule has 3 aliphatic carbocycles. The number of carbonyl (C=O) groups is 1. The molecule has 2 saturated carbocycles. The van der Waals surface area contributed by atoms with Gasteiger partial charge >= 0.3 is 0 Å². The van der Waals surface area contributed by atoms with Crippen LogP contribution in [0.1, 0.15) is 62.5 Å². The number of aryl methyl sites for hydroxylation is 1. The highest BCUT2D eigenvalue weighted by molar-refractivity contribution is 9.10. The summed E-state index contributed by atoms with van der Waals surface area (Å²) < 4.78 is 14.9. The second-order valence-corrected chi connectivity index (χ2v) is 8.73. The lowest BCUT2D eigenvalue weighted by Crippen LogP contribution is -2.53. The summed E-state index contributed by atoms with van der Waals surface area (Å²) >= 11 is 3.45. The number of halogens is 2. The first-order valence-electron chi connectivity index (χ1n) is 9.17. The first-order valence-corrected chi connectivity index (χ1v) is 9.97. The van der Waals surface area contributed by atoms with Crippen LogP contribution in [0.4, 0.5) is 4.39 Å². The van der Waals surface area contributed by atoms with Crippen LogP contribution in [-0.2, 0) is 11.2 Å². The normalized spacial score (nSPS) is 38.2. The summed E-state index contributed by atoms with van der Waals surface area (Å²) in [5.74, 6) is 1.43. The van der Waals surface area contributed by atoms with Crippen LogP contribution >= 0.6 is 15.9 Å². The van der Waals surface area contributed by atoms with E-state index >= 15 is 0 Å². The zero-order valence-corrected chi connectivity index (χ0v) is 15.6. The summed E-state index contributed by atoms with van der Waals surface area (Å²) in [5, 5.41) is 9.97. The Morgan fingerprint density at radius 1 is 1.29 bits per heavy atom. The molecular weight excluding hydrogens is 371 g/mol. The van der Waals surface area contributed by atoms with E-state index in [4.69, 9.17) is 0 Å². The Labute approximate surface area is 151 Å². The molecule has 130 valence electrons. The molecule has 0 saturated heterocycles. The highest BCUT2D eigenvalue weighted by atomic mass is 79.9. The van der Waals surface area contributed by atoms with E-state index < -0.39 is 11.6 Å². The molecule has 0 heterocycles. The highest BCUT2D eigenvalue weighted by Gasteiger charge is 2.57. The van der Waals surface area contributed by atoms with Gasteiger partial charge in [-0.2, -0.15) is 0 Å². The van der Waals surface area contributed by atoms with E-state index in [9.17, 15) is 14.3 Å². The highest BCUT2D eigenvalue weighted by Crippen LogP contribution is 2.60. The van der Waals surface area contributed by atoms with Crippen LogP contribution in [0, 0.1) is 17.3 Å². The number of rotatable bonds is 1. The number of benzene rings is 1. The number of fused-ring (bicyclic) bond motifs is 5. The Hall–Kier alpha value is -0.900. The Morgan fingerprint density at radius 2 is 2.08 bits per heavy atom. The molecule has 0 unspecified atom stereocenters. The van der Waals surface area contributed by atoms with Crippen molar-refractivity contribution in [1.82, 2.24) is 0 Å². The van der Waals surface area contributed by atoms with Gasteiger partial charge in [0.25, 0.3) is 0 Å². The molecule has 0 aliphatic heterocycles. The molecule has 2 fully saturated rings. The molecule has 4 rings (SSSR count). The second kappa shape index (κ2) is 5.82. The SMILES string of the molecule is CC[C@]12CC[C@@H]3c4cc(Br)c(O)cc4CC[C@H]3[C@@H]1CC[C@H](F)C2=O. The Bertz CT molecular complexity index is 688. The van der Waals surface area contributed by atoms with Crippen LogP contribution in [0.2, 0.25) is 0 Å². The van der Waals surface area contributed by atoms with Gasteiger partial charge in [-0.3, -0.25) is 4.79 Å². The Morgan fingerprint density at radius 3 is 2.83 bits per heavy atom. The predicted octanol–water partition coefficient (Wildman–Crippen LogP) is 5.31. The maximum absolute atomic E-state index is 14.2. The van der Waals surface area contributed by atoms with E-state index in [-0.39, 0.29) is 5.78 Å². The van der Waals surface area contributed by atoms with E-state index in [1.807, 2.05) is 6.07 Å². The minimum atomic E-state index is -1.25. The molecule has 24 heavy (non-hydrogen) atoms. The van der Waals surface area contributed by atoms with E-state index in [0.717, 1.165) is 43.0 Å². The van der Waals surface area contributed by atoms with Gasteiger partial charge in [0.2, 0.25) is 0 Å². The molecule has 0 spiro atoms. The maximum atomic E-state index is 14.2. The van der Waals surface area contributed by atoms with Crippen LogP contribution in [-0.4, -0.2) is 17.1 Å². The average Bonchev–Trinajstić information content (AvgIpc) is 2.58. The first kappa shape index (κ1) is 16.6. The van der Waals surface area contributed by atoms with E-state index in [0.29, 0.717) is 29.9 Å². The number of aromatic hydroxyl groups is 1. The summed E-state index contributed by atoms with van der Waals surface area (Å²) in [6, 6.07) is 3.96. The van der Waals surface area contributed by atoms with Crippen LogP contribution in [0.3, 0.4) is 0 Å². The lowest BCUT2D eigenvalue weighted by Gasteiger charge is -2.55. The smallest absolute Gasteiger partial charge is 0.173 e. The quantitative estimate of drug-likeness (QED) is 0.700. The molecule has 5 atom stereocenters.